The lowest BCUT2D eigenvalue weighted by molar-refractivity contribution is 0.162. The van der Waals surface area contributed by atoms with Gasteiger partial charge in [0.15, 0.2) is 0 Å². The molecule has 3 nitrogen and oxygen atoms in total. The smallest absolute Gasteiger partial charge is 0.121 e. The molecule has 4 heteroatoms. The van der Waals surface area contributed by atoms with Gasteiger partial charge in [0.05, 0.1) is 15.7 Å². The molecule has 1 fully saturated rings. The van der Waals surface area contributed by atoms with E-state index < -0.39 is 0 Å². The van der Waals surface area contributed by atoms with Crippen molar-refractivity contribution in [2.75, 3.05) is 13.1 Å². The second-order valence-corrected chi connectivity index (χ2v) is 4.94. The first-order chi connectivity index (χ1) is 7.92. The van der Waals surface area contributed by atoms with Crippen LogP contribution in [-0.4, -0.2) is 24.2 Å². The van der Waals surface area contributed by atoms with Crippen LogP contribution >= 0.6 is 11.3 Å². The topological polar surface area (TPSA) is 34.1 Å². The van der Waals surface area contributed by atoms with Gasteiger partial charge in [-0.25, -0.2) is 4.98 Å². The normalized spacial score (nSPS) is 17.8. The third-order valence-corrected chi connectivity index (χ3v) is 3.68. The van der Waals surface area contributed by atoms with Crippen LogP contribution in [0.3, 0.4) is 0 Å². The molecule has 1 N–H and O–H groups in total. The molecule has 0 atom stereocenters. The van der Waals surface area contributed by atoms with E-state index in [-0.39, 0.29) is 0 Å². The summed E-state index contributed by atoms with van der Waals surface area (Å²) in [6.07, 6.45) is 2.56. The van der Waals surface area contributed by atoms with Gasteiger partial charge in [0.1, 0.15) is 11.9 Å². The molecule has 1 saturated heterocycles. The minimum atomic E-state index is 0.367. The quantitative estimate of drug-likeness (QED) is 0.866. The first-order valence-corrected chi connectivity index (χ1v) is 6.50. The van der Waals surface area contributed by atoms with E-state index in [1.165, 1.54) is 4.70 Å². The minimum absolute atomic E-state index is 0.367. The van der Waals surface area contributed by atoms with Gasteiger partial charge in [-0.1, -0.05) is 0 Å². The lowest BCUT2D eigenvalue weighted by Crippen LogP contribution is -2.34. The molecule has 2 aromatic rings. The summed E-state index contributed by atoms with van der Waals surface area (Å²) in [6, 6.07) is 6.14. The Morgan fingerprint density at radius 1 is 1.31 bits per heavy atom. The first kappa shape index (κ1) is 10.1. The van der Waals surface area contributed by atoms with Gasteiger partial charge in [-0.2, -0.15) is 0 Å². The van der Waals surface area contributed by atoms with Crippen LogP contribution in [-0.2, 0) is 0 Å². The zero-order valence-electron chi connectivity index (χ0n) is 8.98. The summed E-state index contributed by atoms with van der Waals surface area (Å²) >= 11 is 1.66. The molecule has 16 heavy (non-hydrogen) atoms. The van der Waals surface area contributed by atoms with Crippen molar-refractivity contribution in [3.63, 3.8) is 0 Å². The van der Waals surface area contributed by atoms with E-state index in [9.17, 15) is 0 Å². The molecular formula is C12H14N2OS. The number of ether oxygens (including phenoxy) is 1. The molecule has 0 radical (unpaired) electrons. The molecule has 0 saturated carbocycles. The van der Waals surface area contributed by atoms with Crippen molar-refractivity contribution >= 4 is 21.6 Å². The number of rotatable bonds is 2. The predicted octanol–water partition coefficient (Wildman–Crippen LogP) is 2.43. The highest BCUT2D eigenvalue weighted by Gasteiger charge is 2.14. The fourth-order valence-corrected chi connectivity index (χ4v) is 2.72. The highest BCUT2D eigenvalue weighted by atomic mass is 32.1. The van der Waals surface area contributed by atoms with Gasteiger partial charge in [0.25, 0.3) is 0 Å². The molecule has 0 amide bonds. The van der Waals surface area contributed by atoms with E-state index in [0.29, 0.717) is 6.10 Å². The lowest BCUT2D eigenvalue weighted by atomic mass is 10.1. The molecule has 3 rings (SSSR count). The van der Waals surface area contributed by atoms with Crippen molar-refractivity contribution in [2.24, 2.45) is 0 Å². The summed E-state index contributed by atoms with van der Waals surface area (Å²) in [5.41, 5.74) is 2.93. The van der Waals surface area contributed by atoms with Gasteiger partial charge in [0, 0.05) is 0 Å². The number of hydrogen-bond acceptors (Lipinski definition) is 4. The minimum Gasteiger partial charge on any atom is -0.490 e. The standard InChI is InChI=1S/C12H14N2OS/c1-2-11-12(16-8-14-11)7-10(1)15-9-3-5-13-6-4-9/h1-2,7-9,13H,3-6H2. The molecule has 2 heterocycles. The number of nitrogens with one attached hydrogen (secondary N) is 1. The molecular weight excluding hydrogens is 220 g/mol. The number of fused-ring (bicyclic) bond motifs is 1. The zero-order valence-corrected chi connectivity index (χ0v) is 9.80. The van der Waals surface area contributed by atoms with Crippen molar-refractivity contribution in [1.82, 2.24) is 10.3 Å². The van der Waals surface area contributed by atoms with Crippen molar-refractivity contribution in [2.45, 2.75) is 18.9 Å². The third kappa shape index (κ3) is 2.03. The lowest BCUT2D eigenvalue weighted by Gasteiger charge is -2.23. The van der Waals surface area contributed by atoms with Gasteiger partial charge in [-0.3, -0.25) is 0 Å². The molecule has 0 aliphatic carbocycles. The Morgan fingerprint density at radius 2 is 2.19 bits per heavy atom. The highest BCUT2D eigenvalue weighted by Crippen LogP contribution is 2.25. The molecule has 1 aliphatic rings. The third-order valence-electron chi connectivity index (χ3n) is 2.89. The number of hydrogen-bond donors (Lipinski definition) is 1. The van der Waals surface area contributed by atoms with Crippen LogP contribution in [0.4, 0.5) is 0 Å². The number of thiazole rings is 1. The monoisotopic (exact) mass is 234 g/mol. The molecule has 84 valence electrons. The summed E-state index contributed by atoms with van der Waals surface area (Å²) in [5, 5.41) is 3.34. The van der Waals surface area contributed by atoms with Crippen molar-refractivity contribution in [3.05, 3.63) is 23.7 Å². The fourth-order valence-electron chi connectivity index (χ4n) is 2.01. The van der Waals surface area contributed by atoms with Crippen LogP contribution < -0.4 is 10.1 Å². The molecule has 0 bridgehead atoms. The Balaban J connectivity index is 1.77. The highest BCUT2D eigenvalue weighted by molar-refractivity contribution is 7.16. The Hall–Kier alpha value is -1.13. The first-order valence-electron chi connectivity index (χ1n) is 5.62. The number of benzene rings is 1. The van der Waals surface area contributed by atoms with Crippen LogP contribution in [0.5, 0.6) is 5.75 Å². The summed E-state index contributed by atoms with van der Waals surface area (Å²) in [6.45, 7) is 2.13. The number of aromatic nitrogens is 1. The number of piperidine rings is 1. The van der Waals surface area contributed by atoms with E-state index in [1.807, 2.05) is 17.6 Å². The second-order valence-electron chi connectivity index (χ2n) is 4.05. The van der Waals surface area contributed by atoms with Crippen molar-refractivity contribution in [3.8, 4) is 5.75 Å². The Morgan fingerprint density at radius 3 is 3.06 bits per heavy atom. The zero-order chi connectivity index (χ0) is 10.8. The Labute approximate surface area is 98.5 Å². The largest absolute Gasteiger partial charge is 0.490 e. The van der Waals surface area contributed by atoms with Crippen molar-refractivity contribution in [1.29, 1.82) is 0 Å². The van der Waals surface area contributed by atoms with E-state index in [0.717, 1.165) is 37.2 Å². The molecule has 1 aromatic heterocycles. The average Bonchev–Trinajstić information content (AvgIpc) is 2.77. The number of nitrogens with zero attached hydrogens (tertiary/aromatic N) is 1. The maximum Gasteiger partial charge on any atom is 0.121 e. The molecule has 1 aromatic carbocycles. The van der Waals surface area contributed by atoms with E-state index in [2.05, 4.69) is 16.4 Å². The van der Waals surface area contributed by atoms with Crippen LogP contribution in [0, 0.1) is 0 Å². The SMILES string of the molecule is c1nc2ccc(OC3CCNCC3)cc2s1. The predicted molar refractivity (Wildman–Crippen MR) is 66.1 cm³/mol. The van der Waals surface area contributed by atoms with Crippen LogP contribution in [0.25, 0.3) is 10.2 Å². The second kappa shape index (κ2) is 4.39. The summed E-state index contributed by atoms with van der Waals surface area (Å²) in [7, 11) is 0. The summed E-state index contributed by atoms with van der Waals surface area (Å²) < 4.78 is 7.17. The van der Waals surface area contributed by atoms with Crippen LogP contribution in [0.1, 0.15) is 12.8 Å². The Bertz CT molecular complexity index is 477. The average molecular weight is 234 g/mol. The van der Waals surface area contributed by atoms with E-state index >= 15 is 0 Å². The van der Waals surface area contributed by atoms with Gasteiger partial charge >= 0.3 is 0 Å². The van der Waals surface area contributed by atoms with Gasteiger partial charge in [0.2, 0.25) is 0 Å². The van der Waals surface area contributed by atoms with Gasteiger partial charge in [-0.15, -0.1) is 11.3 Å². The molecule has 1 aliphatic heterocycles. The summed E-state index contributed by atoms with van der Waals surface area (Å²) in [4.78, 5) is 4.26. The summed E-state index contributed by atoms with van der Waals surface area (Å²) in [5.74, 6) is 0.976. The van der Waals surface area contributed by atoms with Crippen LogP contribution in [0.15, 0.2) is 23.7 Å². The van der Waals surface area contributed by atoms with E-state index in [4.69, 9.17) is 4.74 Å². The van der Waals surface area contributed by atoms with Crippen LogP contribution in [0.2, 0.25) is 0 Å². The fraction of sp³-hybridized carbons (Fsp3) is 0.417. The van der Waals surface area contributed by atoms with Crippen molar-refractivity contribution < 1.29 is 4.74 Å². The van der Waals surface area contributed by atoms with E-state index in [1.54, 1.807) is 11.3 Å². The molecule has 0 spiro atoms. The maximum atomic E-state index is 5.97. The molecule has 0 unspecified atom stereocenters. The maximum absolute atomic E-state index is 5.97. The Kier molecular flexibility index (Phi) is 2.76. The van der Waals surface area contributed by atoms with Gasteiger partial charge in [-0.05, 0) is 44.1 Å². The van der Waals surface area contributed by atoms with Gasteiger partial charge < -0.3 is 10.1 Å².